The van der Waals surface area contributed by atoms with Gasteiger partial charge in [-0.05, 0) is 41.1 Å². The van der Waals surface area contributed by atoms with E-state index in [9.17, 15) is 23.2 Å². The first-order chi connectivity index (χ1) is 15.3. The van der Waals surface area contributed by atoms with Gasteiger partial charge in [-0.1, -0.05) is 52.3 Å². The maximum Gasteiger partial charge on any atom is 0.263 e. The maximum absolute atomic E-state index is 13.3. The van der Waals surface area contributed by atoms with Crippen LogP contribution in [0.3, 0.4) is 0 Å². The average Bonchev–Trinajstić information content (AvgIpc) is 2.82. The lowest BCUT2D eigenvalue weighted by Crippen LogP contribution is -2.61. The maximum atomic E-state index is 13.3. The molecule has 3 aromatic carbocycles. The van der Waals surface area contributed by atoms with Gasteiger partial charge < -0.3 is 4.90 Å². The van der Waals surface area contributed by atoms with Gasteiger partial charge in [-0.3, -0.25) is 14.8 Å². The van der Waals surface area contributed by atoms with Crippen LogP contribution in [-0.2, 0) is 14.8 Å². The van der Waals surface area contributed by atoms with Crippen LogP contribution < -0.4 is 5.48 Å². The molecule has 1 saturated heterocycles. The monoisotopic (exact) mass is 517 g/mol. The van der Waals surface area contributed by atoms with Crippen LogP contribution in [0.5, 0.6) is 0 Å². The van der Waals surface area contributed by atoms with Crippen molar-refractivity contribution in [3.05, 3.63) is 76.8 Å². The Morgan fingerprint density at radius 1 is 0.969 bits per heavy atom. The van der Waals surface area contributed by atoms with Crippen molar-refractivity contribution < 1.29 is 23.2 Å². The number of piperazine rings is 1. The summed E-state index contributed by atoms with van der Waals surface area (Å²) >= 11 is 3.27. The van der Waals surface area contributed by atoms with Crippen molar-refractivity contribution in [2.24, 2.45) is 0 Å². The predicted molar refractivity (Wildman–Crippen MR) is 122 cm³/mol. The molecule has 0 radical (unpaired) electrons. The molecule has 2 N–H and O–H groups in total. The van der Waals surface area contributed by atoms with E-state index in [1.54, 1.807) is 24.3 Å². The summed E-state index contributed by atoms with van der Waals surface area (Å²) in [5, 5.41) is 10.9. The van der Waals surface area contributed by atoms with Crippen molar-refractivity contribution in [1.29, 1.82) is 0 Å². The topological polar surface area (TPSA) is 107 Å². The number of amides is 2. The summed E-state index contributed by atoms with van der Waals surface area (Å²) in [5.74, 6) is -1.21. The molecule has 1 fully saturated rings. The molecule has 3 aromatic rings. The summed E-state index contributed by atoms with van der Waals surface area (Å²) in [6.45, 7) is -0.176. The third-order valence-corrected chi connectivity index (χ3v) is 7.92. The lowest BCUT2D eigenvalue weighted by molar-refractivity contribution is -0.134. The Morgan fingerprint density at radius 2 is 1.66 bits per heavy atom. The Balaban J connectivity index is 1.65. The first-order valence-electron chi connectivity index (χ1n) is 9.81. The summed E-state index contributed by atoms with van der Waals surface area (Å²) in [6.07, 6.45) is 0. The summed E-state index contributed by atoms with van der Waals surface area (Å²) in [4.78, 5) is 27.2. The molecule has 1 aliphatic rings. The fourth-order valence-electron chi connectivity index (χ4n) is 3.85. The predicted octanol–water partition coefficient (Wildman–Crippen LogP) is 2.62. The van der Waals surface area contributed by atoms with Crippen molar-refractivity contribution in [2.45, 2.75) is 10.9 Å². The minimum atomic E-state index is -4.03. The van der Waals surface area contributed by atoms with Gasteiger partial charge in [0.15, 0.2) is 0 Å². The average molecular weight is 518 g/mol. The van der Waals surface area contributed by atoms with Crippen LogP contribution >= 0.6 is 15.9 Å². The van der Waals surface area contributed by atoms with Crippen LogP contribution in [0.2, 0.25) is 0 Å². The largest absolute Gasteiger partial charge is 0.335 e. The number of hydrogen-bond donors (Lipinski definition) is 2. The Kier molecular flexibility index (Phi) is 6.29. The van der Waals surface area contributed by atoms with Gasteiger partial charge in [0.1, 0.15) is 6.04 Å². The van der Waals surface area contributed by atoms with Gasteiger partial charge >= 0.3 is 0 Å². The zero-order chi connectivity index (χ0) is 22.9. The quantitative estimate of drug-likeness (QED) is 0.408. The minimum absolute atomic E-state index is 0.0188. The number of nitrogens with zero attached hydrogens (tertiary/aromatic N) is 2. The van der Waals surface area contributed by atoms with E-state index in [1.165, 1.54) is 22.5 Å². The molecule has 166 valence electrons. The van der Waals surface area contributed by atoms with Gasteiger partial charge in [0.2, 0.25) is 10.0 Å². The van der Waals surface area contributed by atoms with Crippen LogP contribution in [0, 0.1) is 0 Å². The molecule has 0 aliphatic carbocycles. The number of benzene rings is 3. The van der Waals surface area contributed by atoms with Gasteiger partial charge in [-0.2, -0.15) is 4.31 Å². The first-order valence-corrected chi connectivity index (χ1v) is 12.0. The van der Waals surface area contributed by atoms with E-state index in [0.29, 0.717) is 10.0 Å². The third kappa shape index (κ3) is 4.14. The standard InChI is InChI=1S/C22H20BrN3O5S/c23-16-8-10-17(11-9-16)32(30,31)26-13-12-25(14-20(26)21(27)24-29)22(28)19-7-3-5-15-4-1-2-6-18(15)19/h1-11,20,29H,12-14H2,(H,24,27). The van der Waals surface area contributed by atoms with Gasteiger partial charge in [0, 0.05) is 29.7 Å². The van der Waals surface area contributed by atoms with Crippen LogP contribution in [-0.4, -0.2) is 60.3 Å². The van der Waals surface area contributed by atoms with E-state index in [1.807, 2.05) is 30.3 Å². The molecule has 8 nitrogen and oxygen atoms in total. The molecular formula is C22H20BrN3O5S. The fourth-order valence-corrected chi connectivity index (χ4v) is 5.69. The summed E-state index contributed by atoms with van der Waals surface area (Å²) < 4.78 is 28.1. The van der Waals surface area contributed by atoms with Crippen molar-refractivity contribution in [3.63, 3.8) is 0 Å². The number of sulfonamides is 1. The first kappa shape index (κ1) is 22.4. The molecule has 2 amide bonds. The second-order valence-corrected chi connectivity index (χ2v) is 10.1. The number of hydrogen-bond acceptors (Lipinski definition) is 5. The highest BCUT2D eigenvalue weighted by Gasteiger charge is 2.41. The molecule has 1 unspecified atom stereocenters. The number of hydroxylamine groups is 1. The van der Waals surface area contributed by atoms with Crippen molar-refractivity contribution >= 4 is 48.5 Å². The SMILES string of the molecule is O=C(NO)C1CN(C(=O)c2cccc3ccccc23)CCN1S(=O)(=O)c1ccc(Br)cc1. The van der Waals surface area contributed by atoms with Gasteiger partial charge in [0.25, 0.3) is 11.8 Å². The van der Waals surface area contributed by atoms with Crippen LogP contribution in [0.4, 0.5) is 0 Å². The molecule has 1 aliphatic heterocycles. The molecule has 32 heavy (non-hydrogen) atoms. The van der Waals surface area contributed by atoms with Crippen molar-refractivity contribution in [2.75, 3.05) is 19.6 Å². The highest BCUT2D eigenvalue weighted by atomic mass is 79.9. The Bertz CT molecular complexity index is 1270. The normalized spacial score (nSPS) is 17.3. The Labute approximate surface area is 193 Å². The number of carbonyl (C=O) groups is 2. The Hall–Kier alpha value is -2.79. The highest BCUT2D eigenvalue weighted by Crippen LogP contribution is 2.26. The molecule has 10 heteroatoms. The minimum Gasteiger partial charge on any atom is -0.335 e. The van der Waals surface area contributed by atoms with E-state index >= 15 is 0 Å². The van der Waals surface area contributed by atoms with Gasteiger partial charge in [-0.15, -0.1) is 0 Å². The van der Waals surface area contributed by atoms with E-state index in [2.05, 4.69) is 15.9 Å². The molecule has 0 saturated carbocycles. The van der Waals surface area contributed by atoms with E-state index < -0.39 is 22.0 Å². The van der Waals surface area contributed by atoms with Crippen LogP contribution in [0.15, 0.2) is 76.1 Å². The number of carbonyl (C=O) groups excluding carboxylic acids is 2. The van der Waals surface area contributed by atoms with Gasteiger partial charge in [0.05, 0.1) is 4.90 Å². The molecule has 4 rings (SSSR count). The van der Waals surface area contributed by atoms with E-state index in [0.717, 1.165) is 15.1 Å². The van der Waals surface area contributed by atoms with Crippen LogP contribution in [0.1, 0.15) is 10.4 Å². The van der Waals surface area contributed by atoms with Gasteiger partial charge in [-0.25, -0.2) is 13.9 Å². The third-order valence-electron chi connectivity index (χ3n) is 5.47. The number of fused-ring (bicyclic) bond motifs is 1. The molecular weight excluding hydrogens is 498 g/mol. The smallest absolute Gasteiger partial charge is 0.263 e. The molecule has 0 bridgehead atoms. The zero-order valence-electron chi connectivity index (χ0n) is 16.8. The number of halogens is 1. The number of rotatable bonds is 4. The van der Waals surface area contributed by atoms with Crippen LogP contribution in [0.25, 0.3) is 10.8 Å². The van der Waals surface area contributed by atoms with Crippen molar-refractivity contribution in [3.8, 4) is 0 Å². The lowest BCUT2D eigenvalue weighted by atomic mass is 10.0. The summed E-state index contributed by atoms with van der Waals surface area (Å²) in [7, 11) is -4.03. The van der Waals surface area contributed by atoms with E-state index in [-0.39, 0.29) is 30.4 Å². The molecule has 1 atom stereocenters. The molecule has 0 aromatic heterocycles. The fraction of sp³-hybridized carbons (Fsp3) is 0.182. The lowest BCUT2D eigenvalue weighted by Gasteiger charge is -2.39. The summed E-state index contributed by atoms with van der Waals surface area (Å²) in [6, 6.07) is 17.6. The second-order valence-electron chi connectivity index (χ2n) is 7.34. The highest BCUT2D eigenvalue weighted by molar-refractivity contribution is 9.10. The van der Waals surface area contributed by atoms with E-state index in [4.69, 9.17) is 0 Å². The Morgan fingerprint density at radius 3 is 2.38 bits per heavy atom. The summed E-state index contributed by atoms with van der Waals surface area (Å²) in [5.41, 5.74) is 2.00. The second kappa shape index (κ2) is 8.99. The number of nitrogens with one attached hydrogen (secondary N) is 1. The zero-order valence-corrected chi connectivity index (χ0v) is 19.2. The van der Waals surface area contributed by atoms with Crippen molar-refractivity contribution in [1.82, 2.24) is 14.7 Å². The molecule has 1 heterocycles. The molecule has 0 spiro atoms.